The van der Waals surface area contributed by atoms with E-state index in [0.29, 0.717) is 6.54 Å². The van der Waals surface area contributed by atoms with Crippen molar-refractivity contribution in [2.24, 2.45) is 0 Å². The molecule has 0 bridgehead atoms. The maximum absolute atomic E-state index is 7.42. The molecule has 2 aromatic carbocycles. The van der Waals surface area contributed by atoms with Gasteiger partial charge in [0.1, 0.15) is 5.75 Å². The molecule has 0 aromatic heterocycles. The molecule has 3 nitrogen and oxygen atoms in total. The zero-order valence-corrected chi connectivity index (χ0v) is 12.2. The lowest BCUT2D eigenvalue weighted by Gasteiger charge is -2.10. The summed E-state index contributed by atoms with van der Waals surface area (Å²) in [5.41, 5.74) is 2.98. The van der Waals surface area contributed by atoms with E-state index in [4.69, 9.17) is 10.1 Å². The normalized spacial score (nSPS) is 10.0. The Morgan fingerprint density at radius 1 is 1.21 bits per heavy atom. The van der Waals surface area contributed by atoms with Gasteiger partial charge in [0.2, 0.25) is 0 Å². The Labute approximate surface area is 121 Å². The molecule has 0 unspecified atom stereocenters. The zero-order valence-electron chi connectivity index (χ0n) is 10.6. The molecule has 0 aliphatic heterocycles. The molecule has 0 saturated carbocycles. The summed E-state index contributed by atoms with van der Waals surface area (Å²) >= 11 is 3.40. The van der Waals surface area contributed by atoms with E-state index in [0.717, 1.165) is 21.5 Å². The van der Waals surface area contributed by atoms with E-state index in [1.807, 2.05) is 42.5 Å². The van der Waals surface area contributed by atoms with Gasteiger partial charge in [0.25, 0.3) is 0 Å². The molecule has 2 rings (SSSR count). The van der Waals surface area contributed by atoms with E-state index in [1.54, 1.807) is 7.11 Å². The van der Waals surface area contributed by atoms with Gasteiger partial charge in [0, 0.05) is 28.5 Å². The fraction of sp³-hybridized carbons (Fsp3) is 0.133. The van der Waals surface area contributed by atoms with Crippen LogP contribution in [0.3, 0.4) is 0 Å². The van der Waals surface area contributed by atoms with Crippen LogP contribution in [-0.4, -0.2) is 13.3 Å². The third-order valence-electron chi connectivity index (χ3n) is 2.81. The highest BCUT2D eigenvalue weighted by Gasteiger charge is 2.01. The van der Waals surface area contributed by atoms with E-state index < -0.39 is 0 Å². The third kappa shape index (κ3) is 3.58. The monoisotopic (exact) mass is 318 g/mol. The molecule has 2 N–H and O–H groups in total. The standard InChI is InChI=1S/C15H15BrN2O/c1-19-14-5-2-11(3-6-14)10-18-15-7-4-13(16)8-12(15)9-17/h2-9,17-18H,10H2,1H3. The predicted molar refractivity (Wildman–Crippen MR) is 82.3 cm³/mol. The number of methoxy groups -OCH3 is 1. The van der Waals surface area contributed by atoms with Crippen molar-refractivity contribution in [1.82, 2.24) is 0 Å². The van der Waals surface area contributed by atoms with Gasteiger partial charge in [0.05, 0.1) is 7.11 Å². The zero-order chi connectivity index (χ0) is 13.7. The van der Waals surface area contributed by atoms with Crippen molar-refractivity contribution in [3.8, 4) is 5.75 Å². The Bertz CT molecular complexity index is 567. The predicted octanol–water partition coefficient (Wildman–Crippen LogP) is 4.07. The van der Waals surface area contributed by atoms with Crippen molar-refractivity contribution in [1.29, 1.82) is 5.41 Å². The minimum atomic E-state index is 0.715. The Hall–Kier alpha value is -1.81. The van der Waals surface area contributed by atoms with Crippen molar-refractivity contribution >= 4 is 27.8 Å². The molecule has 0 radical (unpaired) electrons. The van der Waals surface area contributed by atoms with Crippen molar-refractivity contribution in [3.63, 3.8) is 0 Å². The van der Waals surface area contributed by atoms with Gasteiger partial charge in [-0.2, -0.15) is 0 Å². The number of benzene rings is 2. The average Bonchev–Trinajstić information content (AvgIpc) is 2.46. The van der Waals surface area contributed by atoms with Gasteiger partial charge >= 0.3 is 0 Å². The number of halogens is 1. The summed E-state index contributed by atoms with van der Waals surface area (Å²) in [6.45, 7) is 0.715. The van der Waals surface area contributed by atoms with Crippen molar-refractivity contribution in [2.75, 3.05) is 12.4 Å². The van der Waals surface area contributed by atoms with Crippen LogP contribution in [0.15, 0.2) is 46.9 Å². The summed E-state index contributed by atoms with van der Waals surface area (Å²) in [6, 6.07) is 13.8. The van der Waals surface area contributed by atoms with Crippen LogP contribution in [0, 0.1) is 5.41 Å². The molecule has 98 valence electrons. The molecule has 0 saturated heterocycles. The third-order valence-corrected chi connectivity index (χ3v) is 3.30. The maximum Gasteiger partial charge on any atom is 0.118 e. The highest BCUT2D eigenvalue weighted by atomic mass is 79.9. The first kappa shape index (κ1) is 13.6. The van der Waals surface area contributed by atoms with E-state index >= 15 is 0 Å². The van der Waals surface area contributed by atoms with Crippen LogP contribution in [-0.2, 0) is 6.54 Å². The fourth-order valence-corrected chi connectivity index (χ4v) is 2.13. The van der Waals surface area contributed by atoms with Crippen molar-refractivity contribution in [3.05, 3.63) is 58.1 Å². The van der Waals surface area contributed by atoms with Crippen LogP contribution in [0.2, 0.25) is 0 Å². The Morgan fingerprint density at radius 3 is 2.58 bits per heavy atom. The van der Waals surface area contributed by atoms with Gasteiger partial charge in [-0.15, -0.1) is 0 Å². The first-order chi connectivity index (χ1) is 9.22. The minimum Gasteiger partial charge on any atom is -0.497 e. The summed E-state index contributed by atoms with van der Waals surface area (Å²) in [7, 11) is 1.66. The van der Waals surface area contributed by atoms with Crippen molar-refractivity contribution in [2.45, 2.75) is 6.54 Å². The largest absolute Gasteiger partial charge is 0.497 e. The molecule has 0 heterocycles. The van der Waals surface area contributed by atoms with Crippen LogP contribution in [0.4, 0.5) is 5.69 Å². The van der Waals surface area contributed by atoms with Gasteiger partial charge in [0.15, 0.2) is 0 Å². The van der Waals surface area contributed by atoms with E-state index in [9.17, 15) is 0 Å². The van der Waals surface area contributed by atoms with Crippen LogP contribution in [0.1, 0.15) is 11.1 Å². The molecule has 19 heavy (non-hydrogen) atoms. The van der Waals surface area contributed by atoms with Gasteiger partial charge in [-0.3, -0.25) is 0 Å². The smallest absolute Gasteiger partial charge is 0.118 e. The molecule has 0 spiro atoms. The molecule has 0 atom stereocenters. The highest BCUT2D eigenvalue weighted by Crippen LogP contribution is 2.20. The number of nitrogens with one attached hydrogen (secondary N) is 2. The molecule has 0 amide bonds. The van der Waals surface area contributed by atoms with Gasteiger partial charge in [-0.25, -0.2) is 0 Å². The number of anilines is 1. The van der Waals surface area contributed by atoms with Crippen LogP contribution in [0.5, 0.6) is 5.75 Å². The molecule has 0 aliphatic rings. The molecule has 0 aliphatic carbocycles. The summed E-state index contributed by atoms with van der Waals surface area (Å²) in [4.78, 5) is 0. The number of hydrogen-bond acceptors (Lipinski definition) is 3. The Kier molecular flexibility index (Phi) is 4.58. The maximum atomic E-state index is 7.42. The van der Waals surface area contributed by atoms with E-state index in [1.165, 1.54) is 11.8 Å². The topological polar surface area (TPSA) is 45.1 Å². The summed E-state index contributed by atoms with van der Waals surface area (Å²) in [6.07, 6.45) is 1.35. The second-order valence-electron chi connectivity index (χ2n) is 4.08. The molecule has 0 fully saturated rings. The first-order valence-corrected chi connectivity index (χ1v) is 6.69. The Morgan fingerprint density at radius 2 is 1.95 bits per heavy atom. The lowest BCUT2D eigenvalue weighted by atomic mass is 10.1. The molecule has 2 aromatic rings. The first-order valence-electron chi connectivity index (χ1n) is 5.90. The van der Waals surface area contributed by atoms with Gasteiger partial charge < -0.3 is 15.5 Å². The fourth-order valence-electron chi connectivity index (χ4n) is 1.75. The highest BCUT2D eigenvalue weighted by molar-refractivity contribution is 9.10. The number of ether oxygens (including phenoxy) is 1. The van der Waals surface area contributed by atoms with Crippen LogP contribution in [0.25, 0.3) is 0 Å². The lowest BCUT2D eigenvalue weighted by molar-refractivity contribution is 0.414. The second kappa shape index (κ2) is 6.38. The number of hydrogen-bond donors (Lipinski definition) is 2. The van der Waals surface area contributed by atoms with E-state index in [2.05, 4.69) is 21.2 Å². The second-order valence-corrected chi connectivity index (χ2v) is 4.99. The van der Waals surface area contributed by atoms with Gasteiger partial charge in [-0.05, 0) is 35.9 Å². The molecule has 4 heteroatoms. The average molecular weight is 319 g/mol. The van der Waals surface area contributed by atoms with Gasteiger partial charge in [-0.1, -0.05) is 28.1 Å². The molecular weight excluding hydrogens is 304 g/mol. The van der Waals surface area contributed by atoms with Crippen LogP contribution >= 0.6 is 15.9 Å². The summed E-state index contributed by atoms with van der Waals surface area (Å²) in [5, 5.41) is 10.7. The summed E-state index contributed by atoms with van der Waals surface area (Å²) in [5.74, 6) is 0.854. The SMILES string of the molecule is COc1ccc(CNc2ccc(Br)cc2C=N)cc1. The van der Waals surface area contributed by atoms with Crippen LogP contribution < -0.4 is 10.1 Å². The van der Waals surface area contributed by atoms with E-state index in [-0.39, 0.29) is 0 Å². The number of rotatable bonds is 5. The molecular formula is C15H15BrN2O. The lowest BCUT2D eigenvalue weighted by Crippen LogP contribution is -2.02. The quantitative estimate of drug-likeness (QED) is 0.816. The summed E-state index contributed by atoms with van der Waals surface area (Å²) < 4.78 is 6.10. The Balaban J connectivity index is 2.07. The minimum absolute atomic E-state index is 0.715. The van der Waals surface area contributed by atoms with Crippen molar-refractivity contribution < 1.29 is 4.74 Å².